The van der Waals surface area contributed by atoms with Gasteiger partial charge in [0.25, 0.3) is 0 Å². The lowest BCUT2D eigenvalue weighted by atomic mass is 10.0. The molecule has 7 atom stereocenters. The van der Waals surface area contributed by atoms with Crippen molar-refractivity contribution in [1.82, 2.24) is 36.4 Å². The molecule has 2 fully saturated rings. The van der Waals surface area contributed by atoms with Gasteiger partial charge in [-0.1, -0.05) is 38.1 Å². The third-order valence-corrected chi connectivity index (χ3v) is 12.7. The largest absolute Gasteiger partial charge is 0.508 e. The molecule has 0 spiro atoms. The van der Waals surface area contributed by atoms with Crippen molar-refractivity contribution >= 4 is 65.0 Å². The van der Waals surface area contributed by atoms with Gasteiger partial charge >= 0.3 is 5.97 Å². The number of carbonyl (C=O) groups excluding carboxylic acids is 7. The molecule has 384 valence electrons. The van der Waals surface area contributed by atoms with Crippen LogP contribution in [0.2, 0.25) is 0 Å². The number of nitrogens with one attached hydrogen (secondary N) is 5. The number of carboxylic acids is 1. The molecule has 0 unspecified atom stereocenters. The van der Waals surface area contributed by atoms with Crippen molar-refractivity contribution in [3.8, 4) is 11.5 Å². The highest BCUT2D eigenvalue weighted by Gasteiger charge is 2.42. The standard InChI is InChI=1S/C47H69N11O11S/c1-27(2)23-34(41(63)54-33(46(68)69)7-4-19-51-47(49)50)55-43(65)38-9-6-21-58(38)45(67)36(25-29-12-16-31(60)17-13-29)56-40(62)32(18-22-70-3)53-42(64)37-8-5-20-57(37)44(66)35(52-39(61)26-48)24-28-10-14-30(59)15-11-28/h10-17,27,32-38,59-60H,4-9,18-26,48H2,1-3H3,(H,52,61)(H,53,64)(H,54,63)(H,55,65)(H,56,62)(H,68,69)(H4,49,50,51)/t32-,33-,34-,35-,36-,37-,38-/m0/s1. The fraction of sp³-hybridized carbons (Fsp3) is 0.553. The zero-order valence-corrected chi connectivity index (χ0v) is 40.8. The second kappa shape index (κ2) is 27.5. The summed E-state index contributed by atoms with van der Waals surface area (Å²) in [5.41, 5.74) is 17.5. The first-order valence-corrected chi connectivity index (χ1v) is 24.9. The minimum Gasteiger partial charge on any atom is -0.508 e. The highest BCUT2D eigenvalue weighted by molar-refractivity contribution is 7.98. The maximum atomic E-state index is 14.7. The molecule has 0 saturated carbocycles. The van der Waals surface area contributed by atoms with E-state index in [9.17, 15) is 53.7 Å². The lowest BCUT2D eigenvalue weighted by Gasteiger charge is -2.32. The predicted octanol–water partition coefficient (Wildman–Crippen LogP) is -0.815. The monoisotopic (exact) mass is 995 g/mol. The SMILES string of the molecule is CSCC[C@H](NC(=O)[C@@H]1CCCN1C(=O)[C@H](Cc1ccc(O)cc1)NC(=O)CN)C(=O)N[C@@H](Cc1ccc(O)cc1)C(=O)N1CCC[C@H]1C(=O)N[C@@H](CC(C)C)C(=O)N[C@@H](CCCN=C(N)N)C(=O)O. The topological polar surface area (TPSA) is 354 Å². The van der Waals surface area contributed by atoms with Gasteiger partial charge in [-0.25, -0.2) is 4.79 Å². The summed E-state index contributed by atoms with van der Waals surface area (Å²) in [7, 11) is 0. The average molecular weight is 996 g/mol. The van der Waals surface area contributed by atoms with E-state index in [1.807, 2.05) is 20.1 Å². The molecule has 0 aromatic heterocycles. The van der Waals surface area contributed by atoms with Crippen LogP contribution in [-0.4, -0.2) is 159 Å². The first kappa shape index (κ1) is 56.0. The van der Waals surface area contributed by atoms with Crippen molar-refractivity contribution in [3.05, 3.63) is 59.7 Å². The third-order valence-electron chi connectivity index (χ3n) is 12.0. The summed E-state index contributed by atoms with van der Waals surface area (Å²) >= 11 is 1.42. The number of nitrogens with two attached hydrogens (primary N) is 3. The summed E-state index contributed by atoms with van der Waals surface area (Å²) < 4.78 is 0. The highest BCUT2D eigenvalue weighted by Crippen LogP contribution is 2.24. The number of benzene rings is 2. The van der Waals surface area contributed by atoms with E-state index in [1.165, 1.54) is 45.8 Å². The van der Waals surface area contributed by atoms with E-state index in [4.69, 9.17) is 17.2 Å². The van der Waals surface area contributed by atoms with Crippen molar-refractivity contribution in [2.75, 3.05) is 38.2 Å². The molecular formula is C47H69N11O11S. The minimum absolute atomic E-state index is 0.0136. The quantitative estimate of drug-likeness (QED) is 0.0312. The number of amides is 7. The Labute approximate surface area is 411 Å². The van der Waals surface area contributed by atoms with E-state index in [2.05, 4.69) is 31.6 Å². The Kier molecular flexibility index (Phi) is 22.0. The maximum absolute atomic E-state index is 14.7. The van der Waals surface area contributed by atoms with Gasteiger partial charge in [0.2, 0.25) is 41.4 Å². The van der Waals surface area contributed by atoms with Gasteiger partial charge < -0.3 is 68.9 Å². The fourth-order valence-electron chi connectivity index (χ4n) is 8.44. The lowest BCUT2D eigenvalue weighted by Crippen LogP contribution is -2.60. The Bertz CT molecular complexity index is 2160. The summed E-state index contributed by atoms with van der Waals surface area (Å²) in [6, 6.07) is 4.09. The maximum Gasteiger partial charge on any atom is 0.326 e. The predicted molar refractivity (Wildman–Crippen MR) is 262 cm³/mol. The van der Waals surface area contributed by atoms with E-state index in [-0.39, 0.29) is 101 Å². The Morgan fingerprint density at radius 3 is 1.61 bits per heavy atom. The van der Waals surface area contributed by atoms with Crippen molar-refractivity contribution in [3.63, 3.8) is 0 Å². The first-order chi connectivity index (χ1) is 33.3. The molecule has 0 radical (unpaired) electrons. The van der Waals surface area contributed by atoms with Crippen LogP contribution in [0.4, 0.5) is 0 Å². The van der Waals surface area contributed by atoms with Crippen LogP contribution < -0.4 is 43.8 Å². The zero-order chi connectivity index (χ0) is 51.5. The molecule has 70 heavy (non-hydrogen) atoms. The molecule has 4 rings (SSSR count). The van der Waals surface area contributed by atoms with Gasteiger partial charge in [-0.2, -0.15) is 11.8 Å². The second-order valence-electron chi connectivity index (χ2n) is 17.9. The van der Waals surface area contributed by atoms with Gasteiger partial charge in [-0.3, -0.25) is 38.6 Å². The van der Waals surface area contributed by atoms with E-state index < -0.39 is 89.6 Å². The molecule has 22 nitrogen and oxygen atoms in total. The van der Waals surface area contributed by atoms with Gasteiger partial charge in [0.15, 0.2) is 5.96 Å². The molecule has 2 aliphatic rings. The summed E-state index contributed by atoms with van der Waals surface area (Å²) in [6.45, 7) is 3.76. The Morgan fingerprint density at radius 2 is 1.16 bits per heavy atom. The number of carbonyl (C=O) groups is 8. The number of aliphatic carboxylic acids is 1. The van der Waals surface area contributed by atoms with Crippen LogP contribution in [0, 0.1) is 5.92 Å². The smallest absolute Gasteiger partial charge is 0.326 e. The number of nitrogens with zero attached hydrogens (tertiary/aromatic N) is 3. The van der Waals surface area contributed by atoms with Crippen LogP contribution in [0.1, 0.15) is 76.3 Å². The summed E-state index contributed by atoms with van der Waals surface area (Å²) in [6.07, 6.45) is 3.74. The van der Waals surface area contributed by atoms with Gasteiger partial charge in [0, 0.05) is 32.5 Å². The molecule has 0 bridgehead atoms. The molecule has 23 heteroatoms. The highest BCUT2D eigenvalue weighted by atomic mass is 32.2. The van der Waals surface area contributed by atoms with Crippen LogP contribution in [0.15, 0.2) is 53.5 Å². The molecule has 2 aromatic rings. The number of likely N-dealkylation sites (tertiary alicyclic amines) is 2. The number of rotatable bonds is 26. The second-order valence-corrected chi connectivity index (χ2v) is 18.9. The first-order valence-electron chi connectivity index (χ1n) is 23.5. The minimum atomic E-state index is -1.29. The number of hydrogen-bond acceptors (Lipinski definition) is 13. The van der Waals surface area contributed by atoms with Crippen molar-refractivity contribution in [2.24, 2.45) is 28.1 Å². The molecule has 14 N–H and O–H groups in total. The van der Waals surface area contributed by atoms with Gasteiger partial charge in [0.05, 0.1) is 6.54 Å². The van der Waals surface area contributed by atoms with E-state index in [0.29, 0.717) is 29.7 Å². The lowest BCUT2D eigenvalue weighted by molar-refractivity contribution is -0.144. The summed E-state index contributed by atoms with van der Waals surface area (Å²) in [5.74, 6) is -5.53. The Balaban J connectivity index is 1.54. The molecule has 2 aromatic carbocycles. The number of phenols is 2. The van der Waals surface area contributed by atoms with E-state index in [1.54, 1.807) is 24.3 Å². The molecule has 2 aliphatic heterocycles. The molecule has 2 heterocycles. The number of aliphatic imine (C=N–C) groups is 1. The Hall–Kier alpha value is -6.62. The van der Waals surface area contributed by atoms with E-state index >= 15 is 0 Å². The van der Waals surface area contributed by atoms with Crippen LogP contribution in [0.25, 0.3) is 0 Å². The molecule has 0 aliphatic carbocycles. The number of guanidine groups is 1. The number of hydrogen-bond donors (Lipinski definition) is 11. The van der Waals surface area contributed by atoms with E-state index in [0.717, 1.165) is 0 Å². The number of thioether (sulfide) groups is 1. The summed E-state index contributed by atoms with van der Waals surface area (Å²) in [4.78, 5) is 116. The van der Waals surface area contributed by atoms with Crippen molar-refractivity contribution in [1.29, 1.82) is 0 Å². The van der Waals surface area contributed by atoms with Crippen molar-refractivity contribution < 1.29 is 53.7 Å². The number of aromatic hydroxyl groups is 2. The van der Waals surface area contributed by atoms with Gasteiger partial charge in [-0.15, -0.1) is 0 Å². The van der Waals surface area contributed by atoms with Gasteiger partial charge in [0.1, 0.15) is 53.8 Å². The van der Waals surface area contributed by atoms with Crippen LogP contribution >= 0.6 is 11.8 Å². The molecule has 7 amide bonds. The average Bonchev–Trinajstić information content (AvgIpc) is 4.03. The van der Waals surface area contributed by atoms with Crippen LogP contribution in [0.3, 0.4) is 0 Å². The fourth-order valence-corrected chi connectivity index (χ4v) is 8.92. The summed E-state index contributed by atoms with van der Waals surface area (Å²) in [5, 5.41) is 43.2. The Morgan fingerprint density at radius 1 is 0.686 bits per heavy atom. The van der Waals surface area contributed by atoms with Gasteiger partial charge in [-0.05, 0) is 105 Å². The number of phenolic OH excluding ortho intramolecular Hbond substituents is 2. The number of carboxylic acid groups (broad SMARTS) is 1. The molecular weight excluding hydrogens is 927 g/mol. The van der Waals surface area contributed by atoms with Crippen molar-refractivity contribution in [2.45, 2.75) is 120 Å². The normalized spacial score (nSPS) is 17.6. The van der Waals surface area contributed by atoms with Crippen LogP contribution in [0.5, 0.6) is 11.5 Å². The third kappa shape index (κ3) is 17.1. The van der Waals surface area contributed by atoms with Crippen LogP contribution in [-0.2, 0) is 51.2 Å². The zero-order valence-electron chi connectivity index (χ0n) is 39.9. The molecule has 2 saturated heterocycles.